The van der Waals surface area contributed by atoms with Gasteiger partial charge in [0.15, 0.2) is 5.76 Å². The van der Waals surface area contributed by atoms with E-state index in [1.165, 1.54) is 30.2 Å². The second-order valence-electron chi connectivity index (χ2n) is 4.08. The zero-order valence-corrected chi connectivity index (χ0v) is 11.2. The first-order valence-corrected chi connectivity index (χ1v) is 6.55. The van der Waals surface area contributed by atoms with Crippen molar-refractivity contribution < 1.29 is 4.42 Å². The van der Waals surface area contributed by atoms with Gasteiger partial charge in [-0.15, -0.1) is 10.2 Å². The second kappa shape index (κ2) is 4.93. The SMILES string of the molecule is Brc1cc(/C=N\n2cnnc2)oc1N1CCCC1. The van der Waals surface area contributed by atoms with Gasteiger partial charge in [0.25, 0.3) is 0 Å². The molecule has 1 saturated heterocycles. The van der Waals surface area contributed by atoms with Crippen molar-refractivity contribution in [3.8, 4) is 0 Å². The summed E-state index contributed by atoms with van der Waals surface area (Å²) in [6.07, 6.45) is 7.13. The average Bonchev–Trinajstić information content (AvgIpc) is 3.08. The van der Waals surface area contributed by atoms with Gasteiger partial charge in [-0.3, -0.25) is 0 Å². The van der Waals surface area contributed by atoms with Crippen molar-refractivity contribution in [1.29, 1.82) is 0 Å². The molecular formula is C11H12BrN5O. The Bertz CT molecular complexity index is 542. The highest BCUT2D eigenvalue weighted by Crippen LogP contribution is 2.31. The molecule has 0 N–H and O–H groups in total. The summed E-state index contributed by atoms with van der Waals surface area (Å²) >= 11 is 3.52. The molecule has 18 heavy (non-hydrogen) atoms. The summed E-state index contributed by atoms with van der Waals surface area (Å²) in [6.45, 7) is 2.10. The number of aromatic nitrogens is 3. The van der Waals surface area contributed by atoms with E-state index in [9.17, 15) is 0 Å². The Hall–Kier alpha value is -1.63. The first kappa shape index (κ1) is 11.5. The van der Waals surface area contributed by atoms with E-state index in [2.05, 4.69) is 36.1 Å². The number of halogens is 1. The first-order chi connectivity index (χ1) is 8.83. The van der Waals surface area contributed by atoms with Crippen LogP contribution in [0, 0.1) is 0 Å². The minimum atomic E-state index is 0.706. The van der Waals surface area contributed by atoms with E-state index in [1.54, 1.807) is 6.21 Å². The summed E-state index contributed by atoms with van der Waals surface area (Å²) in [6, 6.07) is 1.92. The smallest absolute Gasteiger partial charge is 0.210 e. The Morgan fingerprint density at radius 3 is 2.72 bits per heavy atom. The van der Waals surface area contributed by atoms with Crippen LogP contribution in [0.3, 0.4) is 0 Å². The zero-order valence-electron chi connectivity index (χ0n) is 9.66. The van der Waals surface area contributed by atoms with Crippen molar-refractivity contribution in [1.82, 2.24) is 14.9 Å². The Labute approximate surface area is 112 Å². The summed E-state index contributed by atoms with van der Waals surface area (Å²) < 4.78 is 8.26. The van der Waals surface area contributed by atoms with Crippen molar-refractivity contribution in [3.63, 3.8) is 0 Å². The van der Waals surface area contributed by atoms with Crippen LogP contribution in [0.1, 0.15) is 18.6 Å². The molecule has 0 spiro atoms. The summed E-state index contributed by atoms with van der Waals surface area (Å²) in [5.41, 5.74) is 0. The van der Waals surface area contributed by atoms with Crippen LogP contribution in [0.4, 0.5) is 5.88 Å². The van der Waals surface area contributed by atoms with Gasteiger partial charge >= 0.3 is 0 Å². The zero-order chi connectivity index (χ0) is 12.4. The number of furan rings is 1. The lowest BCUT2D eigenvalue weighted by Gasteiger charge is -2.13. The fourth-order valence-corrected chi connectivity index (χ4v) is 2.51. The maximum Gasteiger partial charge on any atom is 0.210 e. The highest BCUT2D eigenvalue weighted by molar-refractivity contribution is 9.10. The van der Waals surface area contributed by atoms with Gasteiger partial charge in [-0.1, -0.05) is 0 Å². The molecule has 1 aliphatic rings. The van der Waals surface area contributed by atoms with E-state index < -0.39 is 0 Å². The van der Waals surface area contributed by atoms with Gasteiger partial charge < -0.3 is 9.32 Å². The summed E-state index contributed by atoms with van der Waals surface area (Å²) in [7, 11) is 0. The number of rotatable bonds is 3. The molecule has 3 rings (SSSR count). The molecule has 0 aromatic carbocycles. The third kappa shape index (κ3) is 2.31. The van der Waals surface area contributed by atoms with Gasteiger partial charge in [0, 0.05) is 19.2 Å². The highest BCUT2D eigenvalue weighted by Gasteiger charge is 2.19. The van der Waals surface area contributed by atoms with Gasteiger partial charge in [-0.25, -0.2) is 4.68 Å². The Morgan fingerprint density at radius 1 is 1.28 bits per heavy atom. The number of anilines is 1. The van der Waals surface area contributed by atoms with E-state index in [4.69, 9.17) is 4.42 Å². The highest BCUT2D eigenvalue weighted by atomic mass is 79.9. The lowest BCUT2D eigenvalue weighted by molar-refractivity contribution is 0.548. The average molecular weight is 310 g/mol. The van der Waals surface area contributed by atoms with E-state index in [0.717, 1.165) is 23.4 Å². The van der Waals surface area contributed by atoms with E-state index in [1.807, 2.05) is 6.07 Å². The predicted molar refractivity (Wildman–Crippen MR) is 70.9 cm³/mol. The molecule has 0 unspecified atom stereocenters. The summed E-state index contributed by atoms with van der Waals surface area (Å²) in [4.78, 5) is 2.24. The van der Waals surface area contributed by atoms with Crippen molar-refractivity contribution in [2.45, 2.75) is 12.8 Å². The fourth-order valence-electron chi connectivity index (χ4n) is 1.95. The molecule has 0 atom stereocenters. The van der Waals surface area contributed by atoms with E-state index >= 15 is 0 Å². The molecule has 2 aromatic heterocycles. The van der Waals surface area contributed by atoms with Crippen molar-refractivity contribution >= 4 is 28.0 Å². The van der Waals surface area contributed by atoms with Crippen molar-refractivity contribution in [3.05, 3.63) is 29.0 Å². The van der Waals surface area contributed by atoms with Crippen molar-refractivity contribution in [2.24, 2.45) is 5.10 Å². The molecule has 0 amide bonds. The quantitative estimate of drug-likeness (QED) is 0.815. The van der Waals surface area contributed by atoms with Crippen molar-refractivity contribution in [2.75, 3.05) is 18.0 Å². The van der Waals surface area contributed by atoms with Crippen LogP contribution in [0.15, 0.2) is 32.7 Å². The molecule has 3 heterocycles. The molecule has 1 aliphatic heterocycles. The van der Waals surface area contributed by atoms with Crippen LogP contribution in [-0.4, -0.2) is 34.2 Å². The Morgan fingerprint density at radius 2 is 2.00 bits per heavy atom. The maximum atomic E-state index is 5.77. The van der Waals surface area contributed by atoms with Crippen LogP contribution in [0.2, 0.25) is 0 Å². The van der Waals surface area contributed by atoms with Crippen LogP contribution >= 0.6 is 15.9 Å². The number of hydrogen-bond donors (Lipinski definition) is 0. The molecule has 0 radical (unpaired) electrons. The summed E-state index contributed by atoms with van der Waals surface area (Å²) in [5.74, 6) is 1.59. The van der Waals surface area contributed by atoms with E-state index in [-0.39, 0.29) is 0 Å². The van der Waals surface area contributed by atoms with Crippen LogP contribution in [-0.2, 0) is 0 Å². The third-order valence-electron chi connectivity index (χ3n) is 2.81. The normalized spacial score (nSPS) is 15.9. The predicted octanol–water partition coefficient (Wildman–Crippen LogP) is 2.12. The van der Waals surface area contributed by atoms with E-state index in [0.29, 0.717) is 5.76 Å². The minimum Gasteiger partial charge on any atom is -0.438 e. The molecule has 0 bridgehead atoms. The number of nitrogens with zero attached hydrogens (tertiary/aromatic N) is 5. The lowest BCUT2D eigenvalue weighted by Crippen LogP contribution is -2.17. The second-order valence-corrected chi connectivity index (χ2v) is 4.94. The monoisotopic (exact) mass is 309 g/mol. The molecule has 0 saturated carbocycles. The van der Waals surface area contributed by atoms with Crippen LogP contribution in [0.5, 0.6) is 0 Å². The standard InChI is InChI=1S/C11H12BrN5O/c12-10-5-9(6-15-17-7-13-14-8-17)18-11(10)16-3-1-2-4-16/h5-8H,1-4H2/b15-6-. The van der Waals surface area contributed by atoms with Crippen LogP contribution < -0.4 is 4.90 Å². The molecule has 6 nitrogen and oxygen atoms in total. The largest absolute Gasteiger partial charge is 0.438 e. The Balaban J connectivity index is 1.79. The van der Waals surface area contributed by atoms with Gasteiger partial charge in [-0.2, -0.15) is 5.10 Å². The first-order valence-electron chi connectivity index (χ1n) is 5.76. The maximum absolute atomic E-state index is 5.77. The minimum absolute atomic E-state index is 0.706. The summed E-state index contributed by atoms with van der Waals surface area (Å²) in [5, 5.41) is 11.5. The lowest BCUT2D eigenvalue weighted by atomic mass is 10.4. The molecule has 0 aliphatic carbocycles. The Kier molecular flexibility index (Phi) is 3.14. The van der Waals surface area contributed by atoms with Gasteiger partial charge in [-0.05, 0) is 28.8 Å². The van der Waals surface area contributed by atoms with Gasteiger partial charge in [0.05, 0.1) is 10.7 Å². The molecule has 94 valence electrons. The fraction of sp³-hybridized carbons (Fsp3) is 0.364. The van der Waals surface area contributed by atoms with Gasteiger partial charge in [0.1, 0.15) is 12.7 Å². The molecular weight excluding hydrogens is 298 g/mol. The molecule has 2 aromatic rings. The topological polar surface area (TPSA) is 59.5 Å². The van der Waals surface area contributed by atoms with Gasteiger partial charge in [0.2, 0.25) is 5.88 Å². The third-order valence-corrected chi connectivity index (χ3v) is 3.37. The molecule has 7 heteroatoms. The molecule has 1 fully saturated rings. The van der Waals surface area contributed by atoms with Crippen LogP contribution in [0.25, 0.3) is 0 Å². The number of hydrogen-bond acceptors (Lipinski definition) is 5.